The molecule has 1 heterocycles. The lowest BCUT2D eigenvalue weighted by Gasteiger charge is -2.27. The zero-order chi connectivity index (χ0) is 17.3. The predicted molar refractivity (Wildman–Crippen MR) is 94.1 cm³/mol. The van der Waals surface area contributed by atoms with Crippen molar-refractivity contribution in [1.82, 2.24) is 0 Å². The van der Waals surface area contributed by atoms with E-state index < -0.39 is 11.6 Å². The van der Waals surface area contributed by atoms with Crippen LogP contribution in [-0.4, -0.2) is 24.9 Å². The number of carbonyl (C=O) groups excluding carboxylic acids is 1. The molecular weight excluding hydrogens is 326 g/mol. The Balaban J connectivity index is 1.96. The van der Waals surface area contributed by atoms with Crippen LogP contribution in [0.1, 0.15) is 29.8 Å². The average Bonchev–Trinajstić information content (AvgIpc) is 2.90. The number of carbonyl (C=O) groups is 1. The highest BCUT2D eigenvalue weighted by Crippen LogP contribution is 2.38. The van der Waals surface area contributed by atoms with Crippen molar-refractivity contribution in [2.24, 2.45) is 4.99 Å². The van der Waals surface area contributed by atoms with Gasteiger partial charge < -0.3 is 9.47 Å². The Morgan fingerprint density at radius 2 is 1.79 bits per heavy atom. The van der Waals surface area contributed by atoms with Gasteiger partial charge in [0.25, 0.3) is 0 Å². The van der Waals surface area contributed by atoms with Gasteiger partial charge in [-0.05, 0) is 48.9 Å². The molecule has 2 aromatic carbocycles. The Morgan fingerprint density at radius 3 is 2.38 bits per heavy atom. The first-order valence-electron chi connectivity index (χ1n) is 7.61. The second kappa shape index (κ2) is 6.29. The number of hydrogen-bond acceptors (Lipinski definition) is 4. The fourth-order valence-electron chi connectivity index (χ4n) is 2.92. The number of nitrogens with zero attached hydrogens (tertiary/aromatic N) is 1. The van der Waals surface area contributed by atoms with E-state index in [1.54, 1.807) is 50.4 Å². The summed E-state index contributed by atoms with van der Waals surface area (Å²) in [5.41, 5.74) is 0.660. The molecule has 0 bridgehead atoms. The zero-order valence-electron chi connectivity index (χ0n) is 13.7. The standard InChI is InChI=1S/C19H18ClNO3/c1-12-21-19(2,14-6-8-15(20)9-7-14)18(24-12)17(22)13-4-10-16(23-3)11-5-13/h4-11,18H,1-3H3. The predicted octanol–water partition coefficient (Wildman–Crippen LogP) is 4.26. The third-order valence-electron chi connectivity index (χ3n) is 4.23. The summed E-state index contributed by atoms with van der Waals surface area (Å²) in [6, 6.07) is 14.3. The monoisotopic (exact) mass is 343 g/mol. The van der Waals surface area contributed by atoms with E-state index in [1.165, 1.54) is 0 Å². The molecule has 0 aromatic heterocycles. The maximum absolute atomic E-state index is 13.0. The highest BCUT2D eigenvalue weighted by molar-refractivity contribution is 6.30. The van der Waals surface area contributed by atoms with E-state index >= 15 is 0 Å². The molecule has 2 aromatic rings. The van der Waals surface area contributed by atoms with Crippen LogP contribution < -0.4 is 4.74 Å². The average molecular weight is 344 g/mol. The summed E-state index contributed by atoms with van der Waals surface area (Å²) < 4.78 is 10.9. The Kier molecular flexibility index (Phi) is 4.33. The lowest BCUT2D eigenvalue weighted by molar-refractivity contribution is 0.0692. The number of benzene rings is 2. The van der Waals surface area contributed by atoms with Crippen LogP contribution in [0.3, 0.4) is 0 Å². The normalized spacial score (nSPS) is 22.7. The van der Waals surface area contributed by atoms with Crippen LogP contribution in [0.5, 0.6) is 5.75 Å². The maximum atomic E-state index is 13.0. The molecule has 4 nitrogen and oxygen atoms in total. The van der Waals surface area contributed by atoms with Crippen molar-refractivity contribution < 1.29 is 14.3 Å². The zero-order valence-corrected chi connectivity index (χ0v) is 14.5. The Hall–Kier alpha value is -2.33. The molecule has 3 rings (SSSR count). The summed E-state index contributed by atoms with van der Waals surface area (Å²) in [6.45, 7) is 3.66. The van der Waals surface area contributed by atoms with E-state index in [-0.39, 0.29) is 5.78 Å². The molecule has 0 amide bonds. The van der Waals surface area contributed by atoms with Crippen molar-refractivity contribution >= 4 is 23.3 Å². The van der Waals surface area contributed by atoms with Crippen molar-refractivity contribution in [3.05, 3.63) is 64.7 Å². The molecule has 0 aliphatic carbocycles. The van der Waals surface area contributed by atoms with Gasteiger partial charge in [-0.15, -0.1) is 0 Å². The lowest BCUT2D eigenvalue weighted by Crippen LogP contribution is -2.39. The van der Waals surface area contributed by atoms with Gasteiger partial charge in [0.05, 0.1) is 7.11 Å². The molecule has 1 aliphatic heterocycles. The van der Waals surface area contributed by atoms with E-state index in [0.29, 0.717) is 22.2 Å². The van der Waals surface area contributed by atoms with Gasteiger partial charge in [0.15, 0.2) is 12.0 Å². The number of ketones is 1. The minimum Gasteiger partial charge on any atom is -0.497 e. The molecule has 0 saturated heterocycles. The molecule has 124 valence electrons. The summed E-state index contributed by atoms with van der Waals surface area (Å²) in [6.07, 6.45) is -0.716. The third-order valence-corrected chi connectivity index (χ3v) is 4.48. The molecule has 0 spiro atoms. The second-order valence-electron chi connectivity index (χ2n) is 5.88. The molecule has 0 N–H and O–H groups in total. The molecule has 0 fully saturated rings. The number of rotatable bonds is 4. The highest BCUT2D eigenvalue weighted by Gasteiger charge is 2.47. The summed E-state index contributed by atoms with van der Waals surface area (Å²) in [5, 5.41) is 0.639. The second-order valence-corrected chi connectivity index (χ2v) is 6.31. The van der Waals surface area contributed by atoms with E-state index in [2.05, 4.69) is 4.99 Å². The molecular formula is C19H18ClNO3. The number of hydrogen-bond donors (Lipinski definition) is 0. The topological polar surface area (TPSA) is 47.9 Å². The van der Waals surface area contributed by atoms with Gasteiger partial charge in [-0.1, -0.05) is 23.7 Å². The molecule has 2 atom stereocenters. The SMILES string of the molecule is COc1ccc(C(=O)C2OC(C)=NC2(C)c2ccc(Cl)cc2)cc1. The van der Waals surface area contributed by atoms with Crippen molar-refractivity contribution in [2.45, 2.75) is 25.5 Å². The van der Waals surface area contributed by atoms with E-state index in [4.69, 9.17) is 21.1 Å². The summed E-state index contributed by atoms with van der Waals surface area (Å²) in [4.78, 5) is 17.6. The fraction of sp³-hybridized carbons (Fsp3) is 0.263. The van der Waals surface area contributed by atoms with Crippen LogP contribution in [0.4, 0.5) is 0 Å². The van der Waals surface area contributed by atoms with Gasteiger partial charge in [0.2, 0.25) is 5.78 Å². The van der Waals surface area contributed by atoms with Crippen molar-refractivity contribution in [2.75, 3.05) is 7.11 Å². The summed E-state index contributed by atoms with van der Waals surface area (Å²) in [7, 11) is 1.59. The van der Waals surface area contributed by atoms with Crippen LogP contribution in [0.25, 0.3) is 0 Å². The number of Topliss-reactive ketones (excluding diaryl/α,β-unsaturated/α-hetero) is 1. The molecule has 0 saturated carbocycles. The third kappa shape index (κ3) is 2.89. The van der Waals surface area contributed by atoms with E-state index in [0.717, 1.165) is 5.56 Å². The van der Waals surface area contributed by atoms with Crippen molar-refractivity contribution in [1.29, 1.82) is 0 Å². The largest absolute Gasteiger partial charge is 0.497 e. The van der Waals surface area contributed by atoms with Crippen molar-refractivity contribution in [3.8, 4) is 5.75 Å². The summed E-state index contributed by atoms with van der Waals surface area (Å²) in [5.74, 6) is 1.08. The molecule has 2 unspecified atom stereocenters. The first-order chi connectivity index (χ1) is 11.4. The Bertz CT molecular complexity index is 783. The van der Waals surface area contributed by atoms with E-state index in [9.17, 15) is 4.79 Å². The number of aliphatic imine (C=N–C) groups is 1. The quantitative estimate of drug-likeness (QED) is 0.779. The van der Waals surface area contributed by atoms with Crippen LogP contribution in [0.15, 0.2) is 53.5 Å². The van der Waals surface area contributed by atoms with Crippen LogP contribution >= 0.6 is 11.6 Å². The summed E-state index contributed by atoms with van der Waals surface area (Å²) >= 11 is 5.97. The number of methoxy groups -OCH3 is 1. The number of ether oxygens (including phenoxy) is 2. The minimum absolute atomic E-state index is 0.115. The van der Waals surface area contributed by atoms with Crippen LogP contribution in [0, 0.1) is 0 Å². The maximum Gasteiger partial charge on any atom is 0.206 e. The van der Waals surface area contributed by atoms with Gasteiger partial charge in [-0.3, -0.25) is 4.79 Å². The fourth-order valence-corrected chi connectivity index (χ4v) is 3.04. The molecule has 0 radical (unpaired) electrons. The van der Waals surface area contributed by atoms with Gasteiger partial charge in [-0.25, -0.2) is 4.99 Å². The lowest BCUT2D eigenvalue weighted by atomic mass is 9.83. The smallest absolute Gasteiger partial charge is 0.206 e. The first-order valence-corrected chi connectivity index (χ1v) is 7.99. The van der Waals surface area contributed by atoms with Gasteiger partial charge in [0, 0.05) is 17.5 Å². The highest BCUT2D eigenvalue weighted by atomic mass is 35.5. The van der Waals surface area contributed by atoms with Crippen molar-refractivity contribution in [3.63, 3.8) is 0 Å². The Morgan fingerprint density at radius 1 is 1.17 bits per heavy atom. The van der Waals surface area contributed by atoms with Crippen LogP contribution in [0.2, 0.25) is 5.02 Å². The van der Waals surface area contributed by atoms with Gasteiger partial charge in [0.1, 0.15) is 11.3 Å². The van der Waals surface area contributed by atoms with Crippen LogP contribution in [-0.2, 0) is 10.3 Å². The number of halogens is 1. The molecule has 5 heteroatoms. The van der Waals surface area contributed by atoms with Gasteiger partial charge in [-0.2, -0.15) is 0 Å². The molecule has 24 heavy (non-hydrogen) atoms. The Labute approximate surface area is 146 Å². The first kappa shape index (κ1) is 16.5. The van der Waals surface area contributed by atoms with Gasteiger partial charge >= 0.3 is 0 Å². The van der Waals surface area contributed by atoms with E-state index in [1.807, 2.05) is 19.1 Å². The molecule has 1 aliphatic rings. The minimum atomic E-state index is -0.786.